The maximum atomic E-state index is 15.1. The van der Waals surface area contributed by atoms with Crippen LogP contribution in [0.3, 0.4) is 0 Å². The number of nitrogens with one attached hydrogen (secondary N) is 2. The minimum Gasteiger partial charge on any atom is -0.364 e. The second-order valence-electron chi connectivity index (χ2n) is 9.82. The number of carbonyl (C=O) groups is 1. The number of Topliss-reactive ketones (excluding diaryl/α,β-unsaturated/α-hetero) is 1. The smallest absolute Gasteiger partial charge is 0.266 e. The number of nitrogens with zero attached hydrogens (tertiary/aromatic N) is 4. The van der Waals surface area contributed by atoms with Crippen molar-refractivity contribution in [3.05, 3.63) is 86.5 Å². The molecule has 38 heavy (non-hydrogen) atoms. The molecule has 2 aromatic carbocycles. The Hall–Kier alpha value is -3.63. The average Bonchev–Trinajstić information content (AvgIpc) is 2.90. The predicted octanol–water partition coefficient (Wildman–Crippen LogP) is 4.61. The van der Waals surface area contributed by atoms with Crippen LogP contribution in [0.2, 0.25) is 0 Å². The molecule has 1 fully saturated rings. The van der Waals surface area contributed by atoms with E-state index in [0.717, 1.165) is 25.2 Å². The Labute approximate surface area is 227 Å². The van der Waals surface area contributed by atoms with Crippen molar-refractivity contribution < 1.29 is 9.18 Å². The minimum atomic E-state index is -0.384. The van der Waals surface area contributed by atoms with Gasteiger partial charge in [-0.15, -0.1) is 0 Å². The number of carbonyl (C=O) groups excluding carboxylic acids is 1. The highest BCUT2D eigenvalue weighted by Gasteiger charge is 2.29. The maximum Gasteiger partial charge on any atom is 0.266 e. The van der Waals surface area contributed by atoms with Gasteiger partial charge in [0.2, 0.25) is 5.95 Å². The first-order valence-electron chi connectivity index (χ1n) is 12.6. The van der Waals surface area contributed by atoms with Gasteiger partial charge in [-0.3, -0.25) is 14.2 Å². The number of rotatable bonds is 4. The number of aromatic nitrogens is 3. The van der Waals surface area contributed by atoms with Gasteiger partial charge in [-0.05, 0) is 59.1 Å². The minimum absolute atomic E-state index is 0.00125. The molecule has 1 saturated heterocycles. The van der Waals surface area contributed by atoms with Crippen LogP contribution in [0.25, 0.3) is 11.0 Å². The van der Waals surface area contributed by atoms with Crippen LogP contribution in [0.5, 0.6) is 0 Å². The van der Waals surface area contributed by atoms with E-state index in [1.165, 1.54) is 6.07 Å². The lowest BCUT2D eigenvalue weighted by molar-refractivity contribution is 0.0951. The average molecular weight is 577 g/mol. The summed E-state index contributed by atoms with van der Waals surface area (Å²) in [5, 5.41) is 7.05. The summed E-state index contributed by atoms with van der Waals surface area (Å²) in [6.45, 7) is 4.42. The molecule has 0 bridgehead atoms. The molecule has 2 aliphatic rings. The first kappa shape index (κ1) is 24.7. The molecule has 10 heteroatoms. The molecule has 2 unspecified atom stereocenters. The van der Waals surface area contributed by atoms with Crippen LogP contribution in [0.1, 0.15) is 35.3 Å². The van der Waals surface area contributed by atoms with E-state index >= 15 is 4.39 Å². The van der Waals surface area contributed by atoms with Gasteiger partial charge in [0, 0.05) is 54.9 Å². The third-order valence-electron chi connectivity index (χ3n) is 7.30. The zero-order valence-electron chi connectivity index (χ0n) is 20.7. The SMILES string of the molecule is CC1CNCCN1c1ccc(Nc2ncc3cc(Br)c(=O)n(C4CC(=O)c5ccccc5C4)c3n2)cc1F. The number of hydrogen-bond acceptors (Lipinski definition) is 7. The third kappa shape index (κ3) is 4.48. The molecule has 1 aliphatic carbocycles. The number of hydrogen-bond donors (Lipinski definition) is 2. The zero-order chi connectivity index (χ0) is 26.4. The summed E-state index contributed by atoms with van der Waals surface area (Å²) in [5.41, 5.74) is 2.83. The molecule has 0 spiro atoms. The molecule has 4 aromatic rings. The fraction of sp³-hybridized carbons (Fsp3) is 0.286. The molecule has 0 saturated carbocycles. The van der Waals surface area contributed by atoms with Gasteiger partial charge in [-0.1, -0.05) is 24.3 Å². The Balaban J connectivity index is 1.35. The van der Waals surface area contributed by atoms with Crippen molar-refractivity contribution in [1.29, 1.82) is 0 Å². The number of halogens is 2. The van der Waals surface area contributed by atoms with E-state index < -0.39 is 0 Å². The van der Waals surface area contributed by atoms with Crippen molar-refractivity contribution >= 4 is 50.1 Å². The summed E-state index contributed by atoms with van der Waals surface area (Å²) in [5.74, 6) is -0.0957. The van der Waals surface area contributed by atoms with Gasteiger partial charge < -0.3 is 15.5 Å². The van der Waals surface area contributed by atoms with Crippen LogP contribution in [0.4, 0.5) is 21.7 Å². The summed E-state index contributed by atoms with van der Waals surface area (Å²) < 4.78 is 17.1. The lowest BCUT2D eigenvalue weighted by Crippen LogP contribution is -2.50. The number of piperazine rings is 1. The summed E-state index contributed by atoms with van der Waals surface area (Å²) >= 11 is 3.37. The van der Waals surface area contributed by atoms with Crippen molar-refractivity contribution in [3.63, 3.8) is 0 Å². The molecule has 8 nitrogen and oxygen atoms in total. The van der Waals surface area contributed by atoms with E-state index in [9.17, 15) is 9.59 Å². The van der Waals surface area contributed by atoms with E-state index in [0.29, 0.717) is 38.9 Å². The highest BCUT2D eigenvalue weighted by atomic mass is 79.9. The van der Waals surface area contributed by atoms with Crippen LogP contribution in [-0.2, 0) is 6.42 Å². The van der Waals surface area contributed by atoms with E-state index in [1.54, 1.807) is 29.0 Å². The topological polar surface area (TPSA) is 92.1 Å². The van der Waals surface area contributed by atoms with Crippen LogP contribution in [0, 0.1) is 5.82 Å². The Morgan fingerprint density at radius 1 is 1.13 bits per heavy atom. The predicted molar refractivity (Wildman–Crippen MR) is 149 cm³/mol. The van der Waals surface area contributed by atoms with Crippen molar-refractivity contribution in [2.24, 2.45) is 0 Å². The third-order valence-corrected chi connectivity index (χ3v) is 7.87. The molecule has 3 heterocycles. The number of fused-ring (bicyclic) bond motifs is 2. The zero-order valence-corrected chi connectivity index (χ0v) is 22.3. The van der Waals surface area contributed by atoms with Gasteiger partial charge in [0.15, 0.2) is 5.78 Å². The number of anilines is 3. The molecule has 0 amide bonds. The normalized spacial score (nSPS) is 19.4. The highest BCUT2D eigenvalue weighted by molar-refractivity contribution is 9.10. The first-order chi connectivity index (χ1) is 18.4. The molecule has 2 N–H and O–H groups in total. The summed E-state index contributed by atoms with van der Waals surface area (Å²) in [6.07, 6.45) is 2.36. The van der Waals surface area contributed by atoms with Crippen LogP contribution in [0.15, 0.2) is 64.0 Å². The highest BCUT2D eigenvalue weighted by Crippen LogP contribution is 2.31. The lowest BCUT2D eigenvalue weighted by Gasteiger charge is -2.36. The molecular weight excluding hydrogens is 551 g/mol. The van der Waals surface area contributed by atoms with E-state index in [1.807, 2.05) is 24.3 Å². The number of ketones is 1. The summed E-state index contributed by atoms with van der Waals surface area (Å²) in [4.78, 5) is 37.3. The van der Waals surface area contributed by atoms with Crippen molar-refractivity contribution in [2.45, 2.75) is 31.8 Å². The van der Waals surface area contributed by atoms with Crippen LogP contribution in [-0.4, -0.2) is 46.0 Å². The molecule has 2 atom stereocenters. The second kappa shape index (κ2) is 9.92. The summed E-state index contributed by atoms with van der Waals surface area (Å²) in [6, 6.07) is 14.0. The molecule has 0 radical (unpaired) electrons. The molecular formula is C28H26BrFN6O2. The standard InChI is InChI=1S/C28H26BrFN6O2/c1-16-14-31-8-9-35(16)24-7-6-19(12-23(24)30)33-28-32-15-18-11-22(29)27(38)36(26(18)34-28)20-10-17-4-2-3-5-21(17)25(37)13-20/h2-7,11-12,15-16,20,31H,8-10,13-14H2,1H3,(H,32,33,34). The Kier molecular flexibility index (Phi) is 6.45. The van der Waals surface area contributed by atoms with Crippen LogP contribution < -0.4 is 21.1 Å². The Morgan fingerprint density at radius 2 is 1.97 bits per heavy atom. The van der Waals surface area contributed by atoms with E-state index in [2.05, 4.69) is 48.4 Å². The van der Waals surface area contributed by atoms with Gasteiger partial charge in [-0.2, -0.15) is 4.98 Å². The maximum absolute atomic E-state index is 15.1. The van der Waals surface area contributed by atoms with Crippen molar-refractivity contribution in [1.82, 2.24) is 19.9 Å². The van der Waals surface area contributed by atoms with Gasteiger partial charge in [0.05, 0.1) is 16.2 Å². The Bertz CT molecular complexity index is 1620. The van der Waals surface area contributed by atoms with Gasteiger partial charge >= 0.3 is 0 Å². The number of benzene rings is 2. The quantitative estimate of drug-likeness (QED) is 0.366. The van der Waals surface area contributed by atoms with Crippen LogP contribution >= 0.6 is 15.9 Å². The molecule has 6 rings (SSSR count). The van der Waals surface area contributed by atoms with Crippen molar-refractivity contribution in [2.75, 3.05) is 29.9 Å². The number of pyridine rings is 1. The molecule has 1 aliphatic heterocycles. The van der Waals surface area contributed by atoms with Gasteiger partial charge in [-0.25, -0.2) is 9.37 Å². The summed E-state index contributed by atoms with van der Waals surface area (Å²) in [7, 11) is 0. The van der Waals surface area contributed by atoms with E-state index in [4.69, 9.17) is 0 Å². The first-order valence-corrected chi connectivity index (χ1v) is 13.4. The van der Waals surface area contributed by atoms with E-state index in [-0.39, 0.29) is 41.6 Å². The molecule has 2 aromatic heterocycles. The van der Waals surface area contributed by atoms with Gasteiger partial charge in [0.1, 0.15) is 11.5 Å². The fourth-order valence-corrected chi connectivity index (χ4v) is 5.87. The monoisotopic (exact) mass is 576 g/mol. The second-order valence-corrected chi connectivity index (χ2v) is 10.7. The van der Waals surface area contributed by atoms with Gasteiger partial charge in [0.25, 0.3) is 5.56 Å². The molecule has 194 valence electrons. The lowest BCUT2D eigenvalue weighted by atomic mass is 9.87. The fourth-order valence-electron chi connectivity index (χ4n) is 5.43. The Morgan fingerprint density at radius 3 is 2.79 bits per heavy atom. The van der Waals surface area contributed by atoms with Crippen molar-refractivity contribution in [3.8, 4) is 0 Å². The largest absolute Gasteiger partial charge is 0.364 e.